The number of amides is 1. The number of carbonyl (C=O) groups is 1. The summed E-state index contributed by atoms with van der Waals surface area (Å²) in [5.41, 5.74) is 2.35. The van der Waals surface area contributed by atoms with Crippen LogP contribution in [0.3, 0.4) is 0 Å². The third kappa shape index (κ3) is 3.14. The average molecular weight is 293 g/mol. The lowest BCUT2D eigenvalue weighted by Gasteiger charge is -2.09. The highest BCUT2D eigenvalue weighted by atomic mass is 35.5. The van der Waals surface area contributed by atoms with E-state index in [0.717, 1.165) is 5.56 Å². The molecule has 20 heavy (non-hydrogen) atoms. The lowest BCUT2D eigenvalue weighted by molar-refractivity contribution is 0.0951. The van der Waals surface area contributed by atoms with Crippen molar-refractivity contribution in [3.63, 3.8) is 0 Å². The first kappa shape index (κ1) is 14.5. The maximum Gasteiger partial charge on any atom is 0.253 e. The summed E-state index contributed by atoms with van der Waals surface area (Å²) < 4.78 is 13.5. The summed E-state index contributed by atoms with van der Waals surface area (Å²) in [6.45, 7) is 3.72. The van der Waals surface area contributed by atoms with Crippen LogP contribution >= 0.6 is 11.6 Å². The number of benzene rings is 1. The van der Waals surface area contributed by atoms with Crippen LogP contribution in [-0.4, -0.2) is 10.9 Å². The Morgan fingerprint density at radius 1 is 1.35 bits per heavy atom. The fourth-order valence-corrected chi connectivity index (χ4v) is 2.18. The van der Waals surface area contributed by atoms with E-state index in [2.05, 4.69) is 10.3 Å². The molecule has 104 valence electrons. The third-order valence-corrected chi connectivity index (χ3v) is 3.27. The number of nitrogens with zero attached hydrogens (tertiary/aromatic N) is 1. The van der Waals surface area contributed by atoms with Gasteiger partial charge in [-0.1, -0.05) is 23.7 Å². The maximum atomic E-state index is 13.5. The number of rotatable bonds is 3. The van der Waals surface area contributed by atoms with Gasteiger partial charge < -0.3 is 5.32 Å². The first-order valence-electron chi connectivity index (χ1n) is 6.12. The van der Waals surface area contributed by atoms with Gasteiger partial charge in [0.05, 0.1) is 10.6 Å². The van der Waals surface area contributed by atoms with E-state index in [4.69, 9.17) is 11.6 Å². The molecule has 0 spiro atoms. The molecule has 3 nitrogen and oxygen atoms in total. The number of halogens is 2. The monoisotopic (exact) mass is 292 g/mol. The van der Waals surface area contributed by atoms with Crippen LogP contribution in [0.5, 0.6) is 0 Å². The summed E-state index contributed by atoms with van der Waals surface area (Å²) in [6.07, 6.45) is 2.93. The minimum atomic E-state index is -0.281. The summed E-state index contributed by atoms with van der Waals surface area (Å²) in [5, 5.41) is 3.06. The second-order valence-corrected chi connectivity index (χ2v) is 4.99. The summed E-state index contributed by atoms with van der Waals surface area (Å²) in [5.74, 6) is -0.491. The van der Waals surface area contributed by atoms with Crippen LogP contribution in [0, 0.1) is 19.7 Å². The van der Waals surface area contributed by atoms with Gasteiger partial charge >= 0.3 is 0 Å². The second kappa shape index (κ2) is 6.01. The number of hydrogen-bond acceptors (Lipinski definition) is 2. The van der Waals surface area contributed by atoms with Gasteiger partial charge in [-0.15, -0.1) is 0 Å². The van der Waals surface area contributed by atoms with E-state index in [0.29, 0.717) is 28.3 Å². The molecule has 0 fully saturated rings. The van der Waals surface area contributed by atoms with Gasteiger partial charge in [0, 0.05) is 18.9 Å². The van der Waals surface area contributed by atoms with Crippen molar-refractivity contribution >= 4 is 17.5 Å². The third-order valence-electron chi connectivity index (χ3n) is 2.97. The molecule has 0 radical (unpaired) electrons. The van der Waals surface area contributed by atoms with Crippen molar-refractivity contribution in [3.8, 4) is 0 Å². The van der Waals surface area contributed by atoms with E-state index in [9.17, 15) is 9.18 Å². The van der Waals surface area contributed by atoms with Gasteiger partial charge in [0.2, 0.25) is 0 Å². The smallest absolute Gasteiger partial charge is 0.253 e. The SMILES string of the molecule is Cc1cc(CNC(=O)c2ccncc2Cl)cc(C)c1F. The molecular formula is C15H14ClFN2O. The van der Waals surface area contributed by atoms with E-state index < -0.39 is 0 Å². The van der Waals surface area contributed by atoms with E-state index in [1.54, 1.807) is 32.0 Å². The zero-order valence-electron chi connectivity index (χ0n) is 11.2. The highest BCUT2D eigenvalue weighted by Crippen LogP contribution is 2.16. The molecule has 5 heteroatoms. The fourth-order valence-electron chi connectivity index (χ4n) is 1.97. The fraction of sp³-hybridized carbons (Fsp3) is 0.200. The van der Waals surface area contributed by atoms with E-state index in [-0.39, 0.29) is 11.7 Å². The molecule has 0 bridgehead atoms. The molecule has 0 saturated heterocycles. The number of carbonyl (C=O) groups excluding carboxylic acids is 1. The van der Waals surface area contributed by atoms with Crippen LogP contribution in [-0.2, 0) is 6.54 Å². The predicted octanol–water partition coefficient (Wildman–Crippen LogP) is 3.42. The molecule has 0 saturated carbocycles. The van der Waals surface area contributed by atoms with Crippen molar-refractivity contribution in [1.82, 2.24) is 10.3 Å². The van der Waals surface area contributed by atoms with Crippen molar-refractivity contribution < 1.29 is 9.18 Å². The lowest BCUT2D eigenvalue weighted by atomic mass is 10.1. The Hall–Kier alpha value is -1.94. The van der Waals surface area contributed by atoms with Crippen LogP contribution < -0.4 is 5.32 Å². The van der Waals surface area contributed by atoms with Crippen LogP contribution in [0.1, 0.15) is 27.0 Å². The number of pyridine rings is 1. The molecular weight excluding hydrogens is 279 g/mol. The number of aromatic nitrogens is 1. The quantitative estimate of drug-likeness (QED) is 0.942. The van der Waals surface area contributed by atoms with Gasteiger partial charge in [0.1, 0.15) is 5.82 Å². The Kier molecular flexibility index (Phi) is 4.35. The molecule has 2 aromatic rings. The van der Waals surface area contributed by atoms with Crippen molar-refractivity contribution in [2.45, 2.75) is 20.4 Å². The summed E-state index contributed by atoms with van der Waals surface area (Å²) in [6, 6.07) is 4.99. The zero-order valence-corrected chi connectivity index (χ0v) is 12.0. The number of aryl methyl sites for hydroxylation is 2. The number of hydrogen-bond donors (Lipinski definition) is 1. The van der Waals surface area contributed by atoms with Gasteiger partial charge in [0.25, 0.3) is 5.91 Å². The molecule has 0 aliphatic heterocycles. The molecule has 0 aliphatic rings. The van der Waals surface area contributed by atoms with E-state index in [1.807, 2.05) is 0 Å². The molecule has 1 aromatic heterocycles. The van der Waals surface area contributed by atoms with Crippen molar-refractivity contribution in [2.75, 3.05) is 0 Å². The normalized spacial score (nSPS) is 10.4. The summed E-state index contributed by atoms with van der Waals surface area (Å²) in [4.78, 5) is 15.8. The molecule has 1 amide bonds. The highest BCUT2D eigenvalue weighted by Gasteiger charge is 2.10. The van der Waals surface area contributed by atoms with Crippen molar-refractivity contribution in [2.24, 2.45) is 0 Å². The standard InChI is InChI=1S/C15H14ClFN2O/c1-9-5-11(6-10(2)14(9)17)7-19-15(20)12-3-4-18-8-13(12)16/h3-6,8H,7H2,1-2H3,(H,19,20). The Morgan fingerprint density at radius 3 is 2.60 bits per heavy atom. The Labute approximate surface area is 121 Å². The molecule has 0 atom stereocenters. The second-order valence-electron chi connectivity index (χ2n) is 4.58. The Bertz CT molecular complexity index is 635. The van der Waals surface area contributed by atoms with Gasteiger partial charge in [-0.05, 0) is 36.6 Å². The summed E-state index contributed by atoms with van der Waals surface area (Å²) in [7, 11) is 0. The van der Waals surface area contributed by atoms with E-state index in [1.165, 1.54) is 12.4 Å². The lowest BCUT2D eigenvalue weighted by Crippen LogP contribution is -2.23. The minimum Gasteiger partial charge on any atom is -0.348 e. The Balaban J connectivity index is 2.10. The van der Waals surface area contributed by atoms with Gasteiger partial charge in [-0.2, -0.15) is 0 Å². The van der Waals surface area contributed by atoms with Crippen LogP contribution in [0.15, 0.2) is 30.6 Å². The molecule has 1 N–H and O–H groups in total. The maximum absolute atomic E-state index is 13.5. The molecule has 1 heterocycles. The van der Waals surface area contributed by atoms with Crippen LogP contribution in [0.4, 0.5) is 4.39 Å². The predicted molar refractivity (Wildman–Crippen MR) is 76.3 cm³/mol. The minimum absolute atomic E-state index is 0.211. The molecule has 1 aromatic carbocycles. The number of nitrogens with one attached hydrogen (secondary N) is 1. The van der Waals surface area contributed by atoms with Gasteiger partial charge in [0.15, 0.2) is 0 Å². The molecule has 2 rings (SSSR count). The van der Waals surface area contributed by atoms with Crippen LogP contribution in [0.2, 0.25) is 5.02 Å². The largest absolute Gasteiger partial charge is 0.348 e. The topological polar surface area (TPSA) is 42.0 Å². The zero-order chi connectivity index (χ0) is 14.7. The van der Waals surface area contributed by atoms with Gasteiger partial charge in [-0.25, -0.2) is 4.39 Å². The van der Waals surface area contributed by atoms with E-state index >= 15 is 0 Å². The van der Waals surface area contributed by atoms with Crippen molar-refractivity contribution in [1.29, 1.82) is 0 Å². The Morgan fingerprint density at radius 2 is 2.00 bits per heavy atom. The highest BCUT2D eigenvalue weighted by molar-refractivity contribution is 6.33. The average Bonchev–Trinajstić information content (AvgIpc) is 2.42. The van der Waals surface area contributed by atoms with Gasteiger partial charge in [-0.3, -0.25) is 9.78 Å². The summed E-state index contributed by atoms with van der Waals surface area (Å²) >= 11 is 5.90. The molecule has 0 aliphatic carbocycles. The first-order chi connectivity index (χ1) is 9.49. The first-order valence-corrected chi connectivity index (χ1v) is 6.50. The van der Waals surface area contributed by atoms with Crippen molar-refractivity contribution in [3.05, 3.63) is 63.7 Å². The molecule has 0 unspecified atom stereocenters. The van der Waals surface area contributed by atoms with Crippen LogP contribution in [0.25, 0.3) is 0 Å².